The molecule has 0 radical (unpaired) electrons. The van der Waals surface area contributed by atoms with Crippen LogP contribution in [0.1, 0.15) is 162 Å². The van der Waals surface area contributed by atoms with Gasteiger partial charge in [0.15, 0.2) is 16.6 Å². The number of rotatable bonds is 14. The molecular weight excluding hydrogens is 1520 g/mol. The number of phenols is 3. The average Bonchev–Trinajstić information content (AvgIpc) is 1.69. The molecule has 4 aliphatic heterocycles. The molecule has 0 saturated carbocycles. The van der Waals surface area contributed by atoms with E-state index in [1.54, 1.807) is 84.8 Å². The van der Waals surface area contributed by atoms with E-state index in [2.05, 4.69) is 242 Å². The highest BCUT2D eigenvalue weighted by Gasteiger charge is 2.44. The lowest BCUT2D eigenvalue weighted by Crippen LogP contribution is -2.62. The first-order chi connectivity index (χ1) is 55.0. The Morgan fingerprint density at radius 3 is 1.37 bits per heavy atom. The number of aromatic nitrogens is 12. The molecule has 27 heteroatoms. The molecule has 4 fully saturated rings. The topological polar surface area (TPSA) is 278 Å². The zero-order chi connectivity index (χ0) is 84.1. The van der Waals surface area contributed by atoms with Crippen LogP contribution in [0.15, 0.2) is 152 Å². The number of methoxy groups -OCH3 is 1. The Labute approximate surface area is 701 Å². The summed E-state index contributed by atoms with van der Waals surface area (Å²) in [7, 11) is 10.1. The van der Waals surface area contributed by atoms with Crippen LogP contribution in [0, 0.1) is 0 Å². The van der Waals surface area contributed by atoms with Crippen LogP contribution < -0.4 is 45.6 Å². The van der Waals surface area contributed by atoms with Crippen molar-refractivity contribution in [3.05, 3.63) is 157 Å². The average molecular weight is 1640 g/mol. The number of benzene rings is 5. The minimum Gasteiger partial charge on any atom is -0.508 e. The van der Waals surface area contributed by atoms with Crippen LogP contribution in [0.3, 0.4) is 0 Å². The van der Waals surface area contributed by atoms with Gasteiger partial charge in [0.25, 0.3) is 0 Å². The predicted octanol–water partition coefficient (Wildman–Crippen LogP) is 17.9. The second-order valence-corrected chi connectivity index (χ2v) is 39.7. The van der Waals surface area contributed by atoms with Gasteiger partial charge in [-0.1, -0.05) is 58.5 Å². The van der Waals surface area contributed by atoms with Crippen molar-refractivity contribution in [2.75, 3.05) is 54.9 Å². The Morgan fingerprint density at radius 1 is 0.419 bits per heavy atom. The molecule has 7 N–H and O–H groups in total. The number of nitrogens with one attached hydrogen (secondary N) is 4. The number of anilines is 4. The van der Waals surface area contributed by atoms with Crippen molar-refractivity contribution >= 4 is 88.8 Å². The van der Waals surface area contributed by atoms with E-state index in [-0.39, 0.29) is 61.6 Å². The van der Waals surface area contributed by atoms with E-state index in [9.17, 15) is 15.3 Å². The normalized spacial score (nSPS) is 18.6. The molecule has 4 aliphatic rings. The van der Waals surface area contributed by atoms with Crippen molar-refractivity contribution in [3.63, 3.8) is 0 Å². The second kappa shape index (κ2) is 33.2. The highest BCUT2D eigenvalue weighted by Crippen LogP contribution is 2.43. The number of ether oxygens (including phenoxy) is 1. The summed E-state index contributed by atoms with van der Waals surface area (Å²) in [6.45, 7) is 36.1. The SMILES string of the molecule is CN(c1ccc(-c2cc3nccc(Cl)c3cc2O)nn1)C1CC(C)(C)NC(C)(C)C1.CN(c1ccc(-c2cc3ncccc3cc2O)nn1)C1CC(C)(C)NC(C)(C)C1.CN(c1nnc(-c2ccc3cc(O)ccc3c2)s1)C1CC(C)(C)NC(C)(C)C1.COc1cc(-n2cccn2)ccc1-c1nnc(N(C)C2CC(C)(C)NC(C)(C)C2)s1. The maximum atomic E-state index is 10.5. The number of aromatic hydroxyl groups is 3. The molecule has 0 atom stereocenters. The fraction of sp³-hybridized carbons (Fsp3) is 0.456. The summed E-state index contributed by atoms with van der Waals surface area (Å²) >= 11 is 9.44. The molecule has 117 heavy (non-hydrogen) atoms. The maximum Gasteiger partial charge on any atom is 0.208 e. The Bertz CT molecular complexity index is 5410. The number of hydrogen-bond donors (Lipinski definition) is 7. The van der Waals surface area contributed by atoms with E-state index in [0.29, 0.717) is 62.6 Å². The molecule has 24 nitrogen and oxygen atoms in total. The summed E-state index contributed by atoms with van der Waals surface area (Å²) in [4.78, 5) is 17.7. The van der Waals surface area contributed by atoms with Gasteiger partial charge in [0.2, 0.25) is 10.3 Å². The largest absolute Gasteiger partial charge is 0.508 e. The lowest BCUT2D eigenvalue weighted by Gasteiger charge is -2.49. The first kappa shape index (κ1) is 85.1. The fourth-order valence-electron chi connectivity index (χ4n) is 18.6. The molecule has 16 rings (SSSR count). The van der Waals surface area contributed by atoms with Crippen LogP contribution in [0.5, 0.6) is 23.0 Å². The van der Waals surface area contributed by atoms with Crippen molar-refractivity contribution in [3.8, 4) is 72.3 Å². The molecule has 11 heterocycles. The van der Waals surface area contributed by atoms with E-state index >= 15 is 0 Å². The van der Waals surface area contributed by atoms with Gasteiger partial charge >= 0.3 is 0 Å². The first-order valence-electron chi connectivity index (χ1n) is 40.2. The summed E-state index contributed by atoms with van der Waals surface area (Å²) in [5.74, 6) is 2.99. The lowest BCUT2D eigenvalue weighted by atomic mass is 9.79. The van der Waals surface area contributed by atoms with Gasteiger partial charge in [-0.15, -0.1) is 40.8 Å². The molecule has 0 amide bonds. The number of halogens is 1. The van der Waals surface area contributed by atoms with Gasteiger partial charge in [-0.2, -0.15) is 5.10 Å². The third kappa shape index (κ3) is 20.5. The molecule has 4 saturated heterocycles. The van der Waals surface area contributed by atoms with E-state index in [4.69, 9.17) is 16.3 Å². The van der Waals surface area contributed by atoms with Crippen molar-refractivity contribution in [1.29, 1.82) is 0 Å². The Kier molecular flexibility index (Phi) is 24.1. The molecular formula is C90H115ClN20O4S2. The quantitative estimate of drug-likeness (QED) is 0.0533. The number of phenolic OH excluding ortho intramolecular Hbond substituents is 3. The Morgan fingerprint density at radius 2 is 0.880 bits per heavy atom. The van der Waals surface area contributed by atoms with Gasteiger partial charge in [0, 0.05) is 155 Å². The smallest absolute Gasteiger partial charge is 0.208 e. The zero-order valence-corrected chi connectivity index (χ0v) is 73.9. The van der Waals surface area contributed by atoms with Gasteiger partial charge in [-0.05, 0) is 270 Å². The monoisotopic (exact) mass is 1640 g/mol. The summed E-state index contributed by atoms with van der Waals surface area (Å²) in [5.41, 5.74) is 7.53. The van der Waals surface area contributed by atoms with E-state index in [0.717, 1.165) is 128 Å². The number of nitrogens with zero attached hydrogens (tertiary/aromatic N) is 16. The third-order valence-corrected chi connectivity index (χ3v) is 25.1. The number of pyridine rings is 2. The van der Waals surface area contributed by atoms with Crippen LogP contribution in [-0.2, 0) is 0 Å². The van der Waals surface area contributed by atoms with Gasteiger partial charge in [0.1, 0.15) is 28.0 Å². The third-order valence-electron chi connectivity index (χ3n) is 22.7. The Balaban J connectivity index is 0.000000136. The molecule has 7 aromatic heterocycles. The summed E-state index contributed by atoms with van der Waals surface area (Å²) in [5, 5.41) is 93.5. The van der Waals surface area contributed by atoms with Crippen molar-refractivity contribution in [2.24, 2.45) is 0 Å². The van der Waals surface area contributed by atoms with Gasteiger partial charge < -0.3 is 60.9 Å². The zero-order valence-electron chi connectivity index (χ0n) is 71.5. The van der Waals surface area contributed by atoms with Crippen LogP contribution in [-0.4, -0.2) is 180 Å². The molecule has 0 spiro atoms. The van der Waals surface area contributed by atoms with Crippen LogP contribution in [0.4, 0.5) is 21.9 Å². The molecule has 12 aromatic rings. The molecule has 0 unspecified atom stereocenters. The number of piperidine rings is 4. The van der Waals surface area contributed by atoms with Crippen molar-refractivity contribution < 1.29 is 20.1 Å². The second-order valence-electron chi connectivity index (χ2n) is 37.4. The minimum absolute atomic E-state index is 0.0548. The number of fused-ring (bicyclic) bond motifs is 3. The van der Waals surface area contributed by atoms with Crippen LogP contribution >= 0.6 is 34.3 Å². The molecule has 0 bridgehead atoms. The lowest BCUT2D eigenvalue weighted by molar-refractivity contribution is 0.160. The van der Waals surface area contributed by atoms with E-state index in [1.807, 2.05) is 95.8 Å². The molecule has 0 aliphatic carbocycles. The van der Waals surface area contributed by atoms with Gasteiger partial charge in [-0.25, -0.2) is 4.68 Å². The van der Waals surface area contributed by atoms with Gasteiger partial charge in [0.05, 0.1) is 45.8 Å². The summed E-state index contributed by atoms with van der Waals surface area (Å²) in [6.07, 6.45) is 15.4. The van der Waals surface area contributed by atoms with Gasteiger partial charge in [-0.3, -0.25) is 9.97 Å². The molecule has 5 aromatic carbocycles. The summed E-state index contributed by atoms with van der Waals surface area (Å²) < 4.78 is 7.47. The van der Waals surface area contributed by atoms with Crippen LogP contribution in [0.25, 0.3) is 81.9 Å². The standard InChI is InChI=1S/C23H28ClN5O.C23H29N5O.C22H30N6OS.C22H28N4OS/c1-22(2)12-14(13-23(3,4)28-22)29(5)21-7-6-18(26-27-21)16-10-19-15(11-20(16)30)17(24)8-9-25-19;1-22(2)13-16(14-23(3,4)27-22)28(5)21-9-8-18(25-26-21)17-12-19-15(11-20(17)29)7-6-10-24-19;1-21(2)13-16(14-22(3,4)26-21)27(5)20-25-24-19(30-20)17-9-8-15(12-18(17)29-6)28-11-7-10-23-28;1-21(2)12-17(13-22(3,4)25-21)26(5)20-24-23-19(28-20)16-7-6-15-11-18(27)9-8-14(15)10-16/h6-11,14,28,30H,12-13H2,1-5H3;6-12,16,27,29H,13-14H2,1-5H3;7-12,16,26H,13-14H2,1-6H3;6-11,17,25,27H,12-13H2,1-5H3. The predicted molar refractivity (Wildman–Crippen MR) is 478 cm³/mol. The maximum absolute atomic E-state index is 10.5. The first-order valence-corrected chi connectivity index (χ1v) is 42.2. The summed E-state index contributed by atoms with van der Waals surface area (Å²) in [6, 6.07) is 41.3. The minimum atomic E-state index is 0.0548. The van der Waals surface area contributed by atoms with E-state index in [1.165, 1.54) is 0 Å². The van der Waals surface area contributed by atoms with Crippen molar-refractivity contribution in [1.82, 2.24) is 81.8 Å². The fourth-order valence-corrected chi connectivity index (χ4v) is 20.6. The number of hydrogen-bond acceptors (Lipinski definition) is 25. The highest BCUT2D eigenvalue weighted by atomic mass is 35.5. The molecule has 618 valence electrons. The van der Waals surface area contributed by atoms with Crippen LogP contribution in [0.2, 0.25) is 5.02 Å². The highest BCUT2D eigenvalue weighted by molar-refractivity contribution is 7.18. The Hall–Kier alpha value is -9.80. The van der Waals surface area contributed by atoms with E-state index < -0.39 is 0 Å². The van der Waals surface area contributed by atoms with Crippen molar-refractivity contribution in [2.45, 2.75) is 231 Å².